The summed E-state index contributed by atoms with van der Waals surface area (Å²) in [5, 5.41) is 6.72. The molecule has 1 aliphatic carbocycles. The zero-order valence-corrected chi connectivity index (χ0v) is 16.1. The number of halogens is 1. The Kier molecular flexibility index (Phi) is 6.16. The Balaban J connectivity index is 1.83. The minimum absolute atomic E-state index is 0.397. The highest BCUT2D eigenvalue weighted by atomic mass is 35.5. The van der Waals surface area contributed by atoms with E-state index >= 15 is 0 Å². The summed E-state index contributed by atoms with van der Waals surface area (Å²) in [5.74, 6) is -0.398. The molecule has 0 bridgehead atoms. The van der Waals surface area contributed by atoms with Crippen LogP contribution in [0.1, 0.15) is 46.5 Å². The predicted molar refractivity (Wildman–Crippen MR) is 106 cm³/mol. The number of rotatable bonds is 3. The molecule has 2 amide bonds. The van der Waals surface area contributed by atoms with Gasteiger partial charge in [0.05, 0.1) is 12.7 Å². The molecule has 5 nitrogen and oxygen atoms in total. The van der Waals surface area contributed by atoms with E-state index in [1.54, 1.807) is 24.3 Å². The van der Waals surface area contributed by atoms with Gasteiger partial charge in [-0.15, -0.1) is 11.3 Å². The summed E-state index contributed by atoms with van der Waals surface area (Å²) in [4.78, 5) is 25.9. The second-order valence-electron chi connectivity index (χ2n) is 6.20. The molecule has 26 heavy (non-hydrogen) atoms. The van der Waals surface area contributed by atoms with Crippen molar-refractivity contribution in [2.75, 3.05) is 17.7 Å². The third-order valence-corrected chi connectivity index (χ3v) is 5.85. The minimum Gasteiger partial charge on any atom is -0.465 e. The van der Waals surface area contributed by atoms with Crippen LogP contribution in [0.2, 0.25) is 5.02 Å². The third kappa shape index (κ3) is 4.37. The van der Waals surface area contributed by atoms with Crippen molar-refractivity contribution in [1.82, 2.24) is 0 Å². The smallest absolute Gasteiger partial charge is 0.341 e. The number of anilines is 2. The summed E-state index contributed by atoms with van der Waals surface area (Å²) in [6.45, 7) is 0. The summed E-state index contributed by atoms with van der Waals surface area (Å²) in [7, 11) is 1.37. The van der Waals surface area contributed by atoms with Gasteiger partial charge in [0.25, 0.3) is 0 Å². The number of hydrogen-bond donors (Lipinski definition) is 2. The van der Waals surface area contributed by atoms with Crippen LogP contribution in [0.4, 0.5) is 15.5 Å². The van der Waals surface area contributed by atoms with Gasteiger partial charge in [0.2, 0.25) is 0 Å². The molecule has 7 heteroatoms. The summed E-state index contributed by atoms with van der Waals surface area (Å²) >= 11 is 7.33. The van der Waals surface area contributed by atoms with Gasteiger partial charge in [-0.3, -0.25) is 5.32 Å². The Morgan fingerprint density at radius 1 is 1.04 bits per heavy atom. The van der Waals surface area contributed by atoms with E-state index in [1.807, 2.05) is 0 Å². The fourth-order valence-corrected chi connectivity index (χ4v) is 4.52. The number of nitrogens with one attached hydrogen (secondary N) is 2. The van der Waals surface area contributed by atoms with E-state index in [-0.39, 0.29) is 0 Å². The fraction of sp³-hybridized carbons (Fsp3) is 0.368. The van der Waals surface area contributed by atoms with Crippen molar-refractivity contribution in [3.63, 3.8) is 0 Å². The van der Waals surface area contributed by atoms with E-state index in [9.17, 15) is 9.59 Å². The standard InChI is InChI=1S/C19H21ClN2O3S/c1-25-18(23)16-14-6-4-2-3-5-7-15(14)26-17(16)22-19(24)21-13-10-8-12(20)9-11-13/h8-11H,2-7H2,1H3,(H2,21,22,24). The average Bonchev–Trinajstić information content (AvgIpc) is 2.92. The second-order valence-corrected chi connectivity index (χ2v) is 7.74. The van der Waals surface area contributed by atoms with Gasteiger partial charge in [0.1, 0.15) is 5.00 Å². The van der Waals surface area contributed by atoms with E-state index < -0.39 is 12.0 Å². The van der Waals surface area contributed by atoms with E-state index in [0.29, 0.717) is 21.3 Å². The zero-order valence-electron chi connectivity index (χ0n) is 14.6. The molecule has 0 spiro atoms. The van der Waals surface area contributed by atoms with Crippen LogP contribution >= 0.6 is 22.9 Å². The van der Waals surface area contributed by atoms with Crippen molar-refractivity contribution < 1.29 is 14.3 Å². The van der Waals surface area contributed by atoms with Gasteiger partial charge in [-0.2, -0.15) is 0 Å². The first kappa shape index (κ1) is 18.7. The molecule has 0 unspecified atom stereocenters. The number of thiophene rings is 1. The number of urea groups is 1. The van der Waals surface area contributed by atoms with Gasteiger partial charge in [-0.05, 0) is 55.5 Å². The maximum atomic E-state index is 12.4. The number of fused-ring (bicyclic) bond motifs is 1. The molecule has 3 rings (SSSR count). The van der Waals surface area contributed by atoms with E-state index in [2.05, 4.69) is 10.6 Å². The molecule has 1 heterocycles. The predicted octanol–water partition coefficient (Wildman–Crippen LogP) is 5.49. The van der Waals surface area contributed by atoms with Gasteiger partial charge in [0.15, 0.2) is 0 Å². The Morgan fingerprint density at radius 3 is 2.42 bits per heavy atom. The van der Waals surface area contributed by atoms with E-state index in [1.165, 1.54) is 29.7 Å². The van der Waals surface area contributed by atoms with Crippen molar-refractivity contribution in [1.29, 1.82) is 0 Å². The summed E-state index contributed by atoms with van der Waals surface area (Å²) in [6.07, 6.45) is 6.29. The topological polar surface area (TPSA) is 67.4 Å². The van der Waals surface area contributed by atoms with Crippen molar-refractivity contribution in [2.24, 2.45) is 0 Å². The number of methoxy groups -OCH3 is 1. The van der Waals surface area contributed by atoms with Crippen LogP contribution in [0.25, 0.3) is 0 Å². The van der Waals surface area contributed by atoms with Gasteiger partial charge < -0.3 is 10.1 Å². The zero-order chi connectivity index (χ0) is 18.5. The molecule has 138 valence electrons. The summed E-state index contributed by atoms with van der Waals surface area (Å²) in [5.41, 5.74) is 2.16. The van der Waals surface area contributed by atoms with Crippen molar-refractivity contribution in [3.05, 3.63) is 45.3 Å². The second kappa shape index (κ2) is 8.56. The molecule has 1 aromatic carbocycles. The highest BCUT2D eigenvalue weighted by Crippen LogP contribution is 2.37. The first-order valence-electron chi connectivity index (χ1n) is 8.65. The van der Waals surface area contributed by atoms with Crippen LogP contribution in [0, 0.1) is 0 Å². The van der Waals surface area contributed by atoms with E-state index in [0.717, 1.165) is 37.7 Å². The molecule has 0 fully saturated rings. The van der Waals surface area contributed by atoms with Crippen LogP contribution in [-0.4, -0.2) is 19.1 Å². The monoisotopic (exact) mass is 392 g/mol. The number of carbonyl (C=O) groups is 2. The maximum absolute atomic E-state index is 12.4. The molecule has 0 saturated heterocycles. The van der Waals surface area contributed by atoms with Crippen molar-refractivity contribution >= 4 is 45.6 Å². The number of esters is 1. The highest BCUT2D eigenvalue weighted by Gasteiger charge is 2.25. The normalized spacial score (nSPS) is 13.9. The lowest BCUT2D eigenvalue weighted by Gasteiger charge is -2.11. The SMILES string of the molecule is COC(=O)c1c(NC(=O)Nc2ccc(Cl)cc2)sc2c1CCCCCC2. The lowest BCUT2D eigenvalue weighted by atomic mass is 9.96. The number of aryl methyl sites for hydroxylation is 1. The van der Waals surface area contributed by atoms with Crippen LogP contribution in [0.3, 0.4) is 0 Å². The number of hydrogen-bond acceptors (Lipinski definition) is 4. The lowest BCUT2D eigenvalue weighted by molar-refractivity contribution is 0.0601. The van der Waals surface area contributed by atoms with Crippen LogP contribution in [0.15, 0.2) is 24.3 Å². The Hall–Kier alpha value is -2.05. The molecule has 0 aliphatic heterocycles. The van der Waals surface area contributed by atoms with Crippen molar-refractivity contribution in [3.8, 4) is 0 Å². The lowest BCUT2D eigenvalue weighted by Crippen LogP contribution is -2.20. The molecule has 1 aromatic heterocycles. The molecule has 2 N–H and O–H groups in total. The quantitative estimate of drug-likeness (QED) is 0.678. The number of amides is 2. The fourth-order valence-electron chi connectivity index (χ4n) is 3.12. The Bertz CT molecular complexity index is 802. The third-order valence-electron chi connectivity index (χ3n) is 4.39. The minimum atomic E-state index is -0.398. The Labute approximate surface area is 161 Å². The molecular formula is C19H21ClN2O3S. The van der Waals surface area contributed by atoms with Gasteiger partial charge in [0, 0.05) is 15.6 Å². The van der Waals surface area contributed by atoms with E-state index in [4.69, 9.17) is 16.3 Å². The van der Waals surface area contributed by atoms with Gasteiger partial charge in [-0.1, -0.05) is 24.4 Å². The number of benzene rings is 1. The molecule has 2 aromatic rings. The number of ether oxygens (including phenoxy) is 1. The van der Waals surface area contributed by atoms with Crippen LogP contribution in [-0.2, 0) is 17.6 Å². The van der Waals surface area contributed by atoms with Gasteiger partial charge in [-0.25, -0.2) is 9.59 Å². The average molecular weight is 393 g/mol. The largest absolute Gasteiger partial charge is 0.465 e. The van der Waals surface area contributed by atoms with Gasteiger partial charge >= 0.3 is 12.0 Å². The summed E-state index contributed by atoms with van der Waals surface area (Å²) < 4.78 is 4.97. The van der Waals surface area contributed by atoms with Crippen LogP contribution < -0.4 is 10.6 Å². The molecule has 0 atom stereocenters. The molecule has 0 radical (unpaired) electrons. The summed E-state index contributed by atoms with van der Waals surface area (Å²) in [6, 6.07) is 6.45. The van der Waals surface area contributed by atoms with Crippen LogP contribution in [0.5, 0.6) is 0 Å². The first-order chi connectivity index (χ1) is 12.6. The molecule has 0 saturated carbocycles. The molecule has 1 aliphatic rings. The first-order valence-corrected chi connectivity index (χ1v) is 9.84. The molecular weight excluding hydrogens is 372 g/mol. The number of carbonyl (C=O) groups excluding carboxylic acids is 2. The highest BCUT2D eigenvalue weighted by molar-refractivity contribution is 7.17. The maximum Gasteiger partial charge on any atom is 0.341 e. The Morgan fingerprint density at radius 2 is 1.73 bits per heavy atom. The van der Waals surface area contributed by atoms with Crippen molar-refractivity contribution in [2.45, 2.75) is 38.5 Å².